The van der Waals surface area contributed by atoms with E-state index in [1.165, 1.54) is 6.26 Å². The predicted octanol–water partition coefficient (Wildman–Crippen LogP) is 3.44. The van der Waals surface area contributed by atoms with Gasteiger partial charge in [0.1, 0.15) is 0 Å². The van der Waals surface area contributed by atoms with Crippen molar-refractivity contribution >= 4 is 11.9 Å². The van der Waals surface area contributed by atoms with Gasteiger partial charge in [-0.2, -0.15) is 0 Å². The minimum atomic E-state index is -1.47. The number of carboxylic acids is 2. The zero-order valence-corrected chi connectivity index (χ0v) is 13.6. The zero-order valence-electron chi connectivity index (χ0n) is 13.6. The van der Waals surface area contributed by atoms with Gasteiger partial charge >= 0.3 is 11.9 Å². The van der Waals surface area contributed by atoms with Crippen molar-refractivity contribution in [2.24, 2.45) is 5.92 Å². The van der Waals surface area contributed by atoms with Crippen LogP contribution >= 0.6 is 0 Å². The van der Waals surface area contributed by atoms with E-state index in [1.807, 2.05) is 36.4 Å². The van der Waals surface area contributed by atoms with Gasteiger partial charge in [0.15, 0.2) is 5.92 Å². The Balaban J connectivity index is 2.53. The molecule has 1 rings (SSSR count). The highest BCUT2D eigenvalue weighted by atomic mass is 16.5. The van der Waals surface area contributed by atoms with Crippen molar-refractivity contribution in [1.29, 1.82) is 0 Å². The van der Waals surface area contributed by atoms with Crippen LogP contribution in [0.3, 0.4) is 0 Å². The molecule has 1 unspecified atom stereocenters. The van der Waals surface area contributed by atoms with Gasteiger partial charge in [0.25, 0.3) is 0 Å². The third-order valence-electron chi connectivity index (χ3n) is 3.38. The van der Waals surface area contributed by atoms with Crippen LogP contribution < -0.4 is 0 Å². The van der Waals surface area contributed by atoms with E-state index in [1.54, 1.807) is 19.1 Å². The first-order valence-corrected chi connectivity index (χ1v) is 7.57. The summed E-state index contributed by atoms with van der Waals surface area (Å²) >= 11 is 0. The molecular formula is C19H22O5. The smallest absolute Gasteiger partial charge is 0.318 e. The van der Waals surface area contributed by atoms with Gasteiger partial charge in [0.05, 0.1) is 12.4 Å². The maximum atomic E-state index is 10.8. The summed E-state index contributed by atoms with van der Waals surface area (Å²) in [5.74, 6) is -4.19. The summed E-state index contributed by atoms with van der Waals surface area (Å²) < 4.78 is 5.33. The van der Waals surface area contributed by atoms with Gasteiger partial charge in [0.2, 0.25) is 0 Å². The fourth-order valence-electron chi connectivity index (χ4n) is 2.07. The molecule has 0 aliphatic heterocycles. The van der Waals surface area contributed by atoms with Crippen LogP contribution in [0.15, 0.2) is 67.0 Å². The molecule has 5 heteroatoms. The molecule has 1 aromatic rings. The summed E-state index contributed by atoms with van der Waals surface area (Å²) in [6, 6.07) is 9.95. The summed E-state index contributed by atoms with van der Waals surface area (Å²) in [4.78, 5) is 21.7. The Bertz CT molecular complexity index is 602. The Labute approximate surface area is 141 Å². The van der Waals surface area contributed by atoms with E-state index in [9.17, 15) is 9.59 Å². The van der Waals surface area contributed by atoms with Crippen LogP contribution in [0.25, 0.3) is 0 Å². The van der Waals surface area contributed by atoms with Crippen molar-refractivity contribution in [3.05, 3.63) is 72.5 Å². The van der Waals surface area contributed by atoms with E-state index in [0.717, 1.165) is 17.6 Å². The van der Waals surface area contributed by atoms with E-state index in [2.05, 4.69) is 6.58 Å². The second kappa shape index (κ2) is 10.0. The maximum Gasteiger partial charge on any atom is 0.318 e. The minimum Gasteiger partial charge on any atom is -0.498 e. The van der Waals surface area contributed by atoms with Gasteiger partial charge in [-0.25, -0.2) is 0 Å². The summed E-state index contributed by atoms with van der Waals surface area (Å²) in [5.41, 5.74) is 2.17. The van der Waals surface area contributed by atoms with Gasteiger partial charge in [0, 0.05) is 6.42 Å². The number of hydrogen-bond acceptors (Lipinski definition) is 3. The lowest BCUT2D eigenvalue weighted by Crippen LogP contribution is -2.27. The summed E-state index contributed by atoms with van der Waals surface area (Å²) in [5, 5.41) is 17.7. The molecule has 0 aromatic heterocycles. The molecule has 0 bridgehead atoms. The first-order chi connectivity index (χ1) is 11.4. The highest BCUT2D eigenvalue weighted by Crippen LogP contribution is 2.12. The van der Waals surface area contributed by atoms with Crippen molar-refractivity contribution in [3.8, 4) is 0 Å². The van der Waals surface area contributed by atoms with Crippen LogP contribution in [-0.4, -0.2) is 28.3 Å². The fourth-order valence-corrected chi connectivity index (χ4v) is 2.07. The number of aliphatic carboxylic acids is 2. The molecule has 0 spiro atoms. The minimum absolute atomic E-state index is 0.100. The molecule has 0 heterocycles. The molecule has 0 fully saturated rings. The van der Waals surface area contributed by atoms with Gasteiger partial charge in [-0.3, -0.25) is 9.59 Å². The van der Waals surface area contributed by atoms with Gasteiger partial charge < -0.3 is 14.9 Å². The predicted molar refractivity (Wildman–Crippen MR) is 91.5 cm³/mol. The number of hydrogen-bond donors (Lipinski definition) is 2. The highest BCUT2D eigenvalue weighted by Gasteiger charge is 2.28. The second-order valence-electron chi connectivity index (χ2n) is 5.35. The molecule has 0 saturated heterocycles. The van der Waals surface area contributed by atoms with Gasteiger partial charge in [-0.05, 0) is 30.6 Å². The van der Waals surface area contributed by atoms with E-state index in [0.29, 0.717) is 0 Å². The number of benzene rings is 1. The van der Waals surface area contributed by atoms with Crippen LogP contribution in [0, 0.1) is 5.92 Å². The van der Waals surface area contributed by atoms with Crippen LogP contribution in [-0.2, 0) is 20.7 Å². The number of carbonyl (C=O) groups is 2. The lowest BCUT2D eigenvalue weighted by molar-refractivity contribution is -0.155. The molecule has 0 radical (unpaired) electrons. The zero-order chi connectivity index (χ0) is 17.9. The molecule has 0 amide bonds. The second-order valence-corrected chi connectivity index (χ2v) is 5.35. The average Bonchev–Trinajstić information content (AvgIpc) is 2.55. The van der Waals surface area contributed by atoms with Crippen LogP contribution in [0.5, 0.6) is 0 Å². The monoisotopic (exact) mass is 330 g/mol. The van der Waals surface area contributed by atoms with Crippen molar-refractivity contribution in [1.82, 2.24) is 0 Å². The largest absolute Gasteiger partial charge is 0.498 e. The topological polar surface area (TPSA) is 83.8 Å². The number of carboxylic acid groups (broad SMARTS) is 2. The molecule has 2 N–H and O–H groups in total. The normalized spacial score (nSPS) is 13.0. The Morgan fingerprint density at radius 2 is 1.83 bits per heavy atom. The Morgan fingerprint density at radius 3 is 2.38 bits per heavy atom. The third-order valence-corrected chi connectivity index (χ3v) is 3.38. The number of allylic oxidation sites excluding steroid dienone is 4. The molecule has 0 aliphatic rings. The van der Waals surface area contributed by atoms with E-state index in [4.69, 9.17) is 14.9 Å². The van der Waals surface area contributed by atoms with E-state index >= 15 is 0 Å². The molecule has 0 aliphatic carbocycles. The highest BCUT2D eigenvalue weighted by molar-refractivity contribution is 5.92. The standard InChI is InChI=1S/C19H22O5/c1-3-15(13-16-8-5-4-6-9-16)10-7-11-24-14(2)12-17(18(20)21)19(22)23/h3-11,14,17H,1,12-13H2,2H3,(H,20,21)(H,22,23)/b11-7+,15-10+. The third kappa shape index (κ3) is 6.96. The van der Waals surface area contributed by atoms with Crippen LogP contribution in [0.2, 0.25) is 0 Å². The fraction of sp³-hybridized carbons (Fsp3) is 0.263. The lowest BCUT2D eigenvalue weighted by Gasteiger charge is -2.14. The molecule has 128 valence electrons. The molecule has 0 saturated carbocycles. The summed E-state index contributed by atoms with van der Waals surface area (Å²) in [6.45, 7) is 5.41. The summed E-state index contributed by atoms with van der Waals surface area (Å²) in [6.07, 6.45) is 6.84. The number of ether oxygens (including phenoxy) is 1. The van der Waals surface area contributed by atoms with E-state index in [-0.39, 0.29) is 6.42 Å². The Morgan fingerprint density at radius 1 is 1.21 bits per heavy atom. The first-order valence-electron chi connectivity index (χ1n) is 7.57. The van der Waals surface area contributed by atoms with Crippen molar-refractivity contribution in [2.75, 3.05) is 0 Å². The van der Waals surface area contributed by atoms with Crippen LogP contribution in [0.1, 0.15) is 18.9 Å². The summed E-state index contributed by atoms with van der Waals surface area (Å²) in [7, 11) is 0. The average molecular weight is 330 g/mol. The lowest BCUT2D eigenvalue weighted by atomic mass is 10.0. The molecule has 1 aromatic carbocycles. The van der Waals surface area contributed by atoms with Gasteiger partial charge in [-0.15, -0.1) is 0 Å². The Kier molecular flexibility index (Phi) is 8.05. The maximum absolute atomic E-state index is 10.8. The van der Waals surface area contributed by atoms with Crippen LogP contribution in [0.4, 0.5) is 0 Å². The van der Waals surface area contributed by atoms with Gasteiger partial charge in [-0.1, -0.05) is 49.1 Å². The SMILES string of the molecule is C=C/C(=C\C=C\OC(C)CC(C(=O)O)C(=O)O)Cc1ccccc1. The first kappa shape index (κ1) is 19.2. The molecule has 5 nitrogen and oxygen atoms in total. The molecule has 24 heavy (non-hydrogen) atoms. The van der Waals surface area contributed by atoms with Crippen molar-refractivity contribution in [2.45, 2.75) is 25.9 Å². The van der Waals surface area contributed by atoms with E-state index < -0.39 is 24.0 Å². The Hall–Kier alpha value is -2.82. The van der Waals surface area contributed by atoms with Crippen molar-refractivity contribution in [3.63, 3.8) is 0 Å². The van der Waals surface area contributed by atoms with Crippen molar-refractivity contribution < 1.29 is 24.5 Å². The number of rotatable bonds is 10. The quantitative estimate of drug-likeness (QED) is 0.390. The molecule has 1 atom stereocenters. The molecular weight excluding hydrogens is 308 g/mol.